The lowest BCUT2D eigenvalue weighted by molar-refractivity contribution is -0.141. The topological polar surface area (TPSA) is 110 Å². The Balaban J connectivity index is 2.24. The molecule has 1 heterocycles. The molecule has 1 aromatic rings. The molecule has 1 aromatic carbocycles. The van der Waals surface area contributed by atoms with Crippen LogP contribution in [0.4, 0.5) is 5.69 Å². The SMILES string of the molecule is CCOC(=O)CNC(=O)c1ccc(Cl)c(N2C(=O)CCS2(=O)=O)c1. The summed E-state index contributed by atoms with van der Waals surface area (Å²) in [6, 6.07) is 3.88. The van der Waals surface area contributed by atoms with Crippen LogP contribution in [0, 0.1) is 0 Å². The molecule has 1 saturated heterocycles. The molecule has 0 aliphatic carbocycles. The standard InChI is InChI=1S/C14H15ClN2O6S/c1-2-23-13(19)8-16-14(20)9-3-4-10(15)11(7-9)17-12(18)5-6-24(17,21)22/h3-4,7H,2,5-6,8H2,1H3,(H,16,20). The number of sulfonamides is 1. The van der Waals surface area contributed by atoms with Gasteiger partial charge in [-0.15, -0.1) is 0 Å². The number of rotatable bonds is 5. The molecule has 1 fully saturated rings. The molecule has 0 aromatic heterocycles. The first-order chi connectivity index (χ1) is 11.3. The van der Waals surface area contributed by atoms with Crippen LogP contribution in [0.25, 0.3) is 0 Å². The van der Waals surface area contributed by atoms with Gasteiger partial charge in [0.2, 0.25) is 15.9 Å². The average molecular weight is 375 g/mol. The first-order valence-electron chi connectivity index (χ1n) is 7.05. The zero-order valence-corrected chi connectivity index (χ0v) is 14.3. The highest BCUT2D eigenvalue weighted by Crippen LogP contribution is 2.32. The Hall–Kier alpha value is -2.13. The average Bonchev–Trinajstić information content (AvgIpc) is 2.79. The molecule has 1 aliphatic heterocycles. The van der Waals surface area contributed by atoms with Crippen LogP contribution in [0.5, 0.6) is 0 Å². The number of amides is 2. The van der Waals surface area contributed by atoms with Gasteiger partial charge in [0.1, 0.15) is 6.54 Å². The fraction of sp³-hybridized carbons (Fsp3) is 0.357. The second kappa shape index (κ2) is 7.18. The van der Waals surface area contributed by atoms with Gasteiger partial charge in [0.05, 0.1) is 23.1 Å². The van der Waals surface area contributed by atoms with E-state index in [1.54, 1.807) is 6.92 Å². The lowest BCUT2D eigenvalue weighted by atomic mass is 10.2. The second-order valence-corrected chi connectivity index (χ2v) is 7.22. The van der Waals surface area contributed by atoms with Gasteiger partial charge in [-0.05, 0) is 25.1 Å². The highest BCUT2D eigenvalue weighted by Gasteiger charge is 2.37. The molecule has 0 saturated carbocycles. The predicted molar refractivity (Wildman–Crippen MR) is 86.3 cm³/mol. The summed E-state index contributed by atoms with van der Waals surface area (Å²) >= 11 is 5.98. The largest absolute Gasteiger partial charge is 0.465 e. The maximum Gasteiger partial charge on any atom is 0.325 e. The minimum atomic E-state index is -3.79. The highest BCUT2D eigenvalue weighted by molar-refractivity contribution is 7.94. The summed E-state index contributed by atoms with van der Waals surface area (Å²) in [7, 11) is -3.79. The third kappa shape index (κ3) is 3.85. The minimum absolute atomic E-state index is 0.0239. The molecular formula is C14H15ClN2O6S. The third-order valence-electron chi connectivity index (χ3n) is 3.20. The maximum absolute atomic E-state index is 12.1. The molecule has 1 aliphatic rings. The first-order valence-corrected chi connectivity index (χ1v) is 9.04. The van der Waals surface area contributed by atoms with Gasteiger partial charge >= 0.3 is 5.97 Å². The lowest BCUT2D eigenvalue weighted by Gasteiger charge is -2.17. The zero-order chi connectivity index (χ0) is 17.9. The van der Waals surface area contributed by atoms with E-state index in [2.05, 4.69) is 10.1 Å². The van der Waals surface area contributed by atoms with Crippen LogP contribution in [-0.4, -0.2) is 45.1 Å². The van der Waals surface area contributed by atoms with Gasteiger partial charge in [-0.3, -0.25) is 14.4 Å². The number of hydrogen-bond acceptors (Lipinski definition) is 6. The van der Waals surface area contributed by atoms with Crippen molar-refractivity contribution in [2.45, 2.75) is 13.3 Å². The van der Waals surface area contributed by atoms with E-state index in [1.807, 2.05) is 0 Å². The van der Waals surface area contributed by atoms with Crippen molar-refractivity contribution in [2.75, 3.05) is 23.2 Å². The van der Waals surface area contributed by atoms with Crippen LogP contribution in [0.2, 0.25) is 5.02 Å². The number of esters is 1. The van der Waals surface area contributed by atoms with Crippen LogP contribution in [-0.2, 0) is 24.3 Å². The first kappa shape index (κ1) is 18.2. The Kier molecular flexibility index (Phi) is 5.45. The van der Waals surface area contributed by atoms with E-state index in [0.29, 0.717) is 4.31 Å². The number of carbonyl (C=O) groups excluding carboxylic acids is 3. The summed E-state index contributed by atoms with van der Waals surface area (Å²) in [5.41, 5.74) is -0.0171. The maximum atomic E-state index is 12.1. The molecule has 0 unspecified atom stereocenters. The summed E-state index contributed by atoms with van der Waals surface area (Å²) in [5, 5.41) is 2.37. The van der Waals surface area contributed by atoms with Crippen LogP contribution in [0.15, 0.2) is 18.2 Å². The Bertz CT molecular complexity index is 792. The zero-order valence-electron chi connectivity index (χ0n) is 12.7. The van der Waals surface area contributed by atoms with Crippen molar-refractivity contribution < 1.29 is 27.5 Å². The van der Waals surface area contributed by atoms with E-state index in [4.69, 9.17) is 11.6 Å². The summed E-state index contributed by atoms with van der Waals surface area (Å²) in [5.74, 6) is -2.13. The molecule has 0 radical (unpaired) electrons. The van der Waals surface area contributed by atoms with Crippen LogP contribution in [0.3, 0.4) is 0 Å². The number of carbonyl (C=O) groups is 3. The number of ether oxygens (including phenoxy) is 1. The number of hydrogen-bond donors (Lipinski definition) is 1. The normalized spacial score (nSPS) is 16.1. The van der Waals surface area contributed by atoms with E-state index < -0.39 is 27.8 Å². The van der Waals surface area contributed by atoms with Gasteiger partial charge in [0.25, 0.3) is 5.91 Å². The van der Waals surface area contributed by atoms with Crippen LogP contribution < -0.4 is 9.62 Å². The Morgan fingerprint density at radius 3 is 2.67 bits per heavy atom. The number of anilines is 1. The predicted octanol–water partition coefficient (Wildman–Crippen LogP) is 0.699. The van der Waals surface area contributed by atoms with Crippen molar-refractivity contribution in [1.29, 1.82) is 0 Å². The Morgan fingerprint density at radius 1 is 1.38 bits per heavy atom. The van der Waals surface area contributed by atoms with E-state index >= 15 is 0 Å². The summed E-state index contributed by atoms with van der Waals surface area (Å²) in [6.45, 7) is 1.50. The van der Waals surface area contributed by atoms with Crippen molar-refractivity contribution in [2.24, 2.45) is 0 Å². The molecule has 10 heteroatoms. The van der Waals surface area contributed by atoms with E-state index in [-0.39, 0.29) is 41.6 Å². The van der Waals surface area contributed by atoms with Gasteiger partial charge in [-0.25, -0.2) is 12.7 Å². The monoisotopic (exact) mass is 374 g/mol. The van der Waals surface area contributed by atoms with Crippen molar-refractivity contribution in [3.8, 4) is 0 Å². The molecular weight excluding hydrogens is 360 g/mol. The molecule has 0 atom stereocenters. The summed E-state index contributed by atoms with van der Waals surface area (Å²) < 4.78 is 29.3. The number of nitrogens with one attached hydrogen (secondary N) is 1. The van der Waals surface area contributed by atoms with Crippen LogP contribution >= 0.6 is 11.6 Å². The quantitative estimate of drug-likeness (QED) is 0.759. The highest BCUT2D eigenvalue weighted by atomic mass is 35.5. The molecule has 0 spiro atoms. The minimum Gasteiger partial charge on any atom is -0.465 e. The number of halogens is 1. The molecule has 2 amide bonds. The number of benzene rings is 1. The molecule has 8 nitrogen and oxygen atoms in total. The van der Waals surface area contributed by atoms with E-state index in [0.717, 1.165) is 0 Å². The Morgan fingerprint density at radius 2 is 2.08 bits per heavy atom. The van der Waals surface area contributed by atoms with Crippen molar-refractivity contribution >= 4 is 45.1 Å². The van der Waals surface area contributed by atoms with E-state index in [9.17, 15) is 22.8 Å². The van der Waals surface area contributed by atoms with Crippen LogP contribution in [0.1, 0.15) is 23.7 Å². The van der Waals surface area contributed by atoms with Gasteiger partial charge in [0.15, 0.2) is 0 Å². The van der Waals surface area contributed by atoms with Crippen molar-refractivity contribution in [1.82, 2.24) is 5.32 Å². The smallest absolute Gasteiger partial charge is 0.325 e. The fourth-order valence-electron chi connectivity index (χ4n) is 2.12. The Labute approximate surface area is 143 Å². The second-order valence-electron chi connectivity index (χ2n) is 4.88. The van der Waals surface area contributed by atoms with Gasteiger partial charge in [-0.2, -0.15) is 0 Å². The molecule has 24 heavy (non-hydrogen) atoms. The third-order valence-corrected chi connectivity index (χ3v) is 5.20. The molecule has 130 valence electrons. The van der Waals surface area contributed by atoms with E-state index in [1.165, 1.54) is 18.2 Å². The summed E-state index contributed by atoms with van der Waals surface area (Å²) in [4.78, 5) is 35.1. The van der Waals surface area contributed by atoms with Gasteiger partial charge in [-0.1, -0.05) is 11.6 Å². The molecule has 0 bridgehead atoms. The van der Waals surface area contributed by atoms with Gasteiger partial charge < -0.3 is 10.1 Å². The summed E-state index contributed by atoms with van der Waals surface area (Å²) in [6.07, 6.45) is -0.141. The van der Waals surface area contributed by atoms with Crippen molar-refractivity contribution in [3.05, 3.63) is 28.8 Å². The fourth-order valence-corrected chi connectivity index (χ4v) is 3.84. The van der Waals surface area contributed by atoms with Gasteiger partial charge in [0, 0.05) is 12.0 Å². The molecule has 2 rings (SSSR count). The number of nitrogens with zero attached hydrogens (tertiary/aromatic N) is 1. The molecule has 1 N–H and O–H groups in total. The van der Waals surface area contributed by atoms with Crippen molar-refractivity contribution in [3.63, 3.8) is 0 Å². The lowest BCUT2D eigenvalue weighted by Crippen LogP contribution is -2.32.